The van der Waals surface area contributed by atoms with E-state index in [-0.39, 0.29) is 4.90 Å². The average molecular weight is 293 g/mol. The van der Waals surface area contributed by atoms with Crippen LogP contribution in [0.4, 0.5) is 0 Å². The molecule has 3 aromatic rings. The molecule has 0 saturated heterocycles. The number of rotatable bonds is 2. The summed E-state index contributed by atoms with van der Waals surface area (Å²) in [6.07, 6.45) is 1.19. The van der Waals surface area contributed by atoms with Gasteiger partial charge in [0.15, 0.2) is 15.7 Å². The molecule has 0 spiro atoms. The first-order valence-electron chi connectivity index (χ1n) is 5.56. The van der Waals surface area contributed by atoms with E-state index in [1.807, 2.05) is 12.3 Å². The number of fused-ring (bicyclic) bond motifs is 1. The van der Waals surface area contributed by atoms with Crippen LogP contribution in [0.2, 0.25) is 0 Å². The number of hydrogen-bond donors (Lipinski definition) is 1. The second-order valence-corrected chi connectivity index (χ2v) is 7.37. The first kappa shape index (κ1) is 12.3. The quantitative estimate of drug-likeness (QED) is 0.787. The summed E-state index contributed by atoms with van der Waals surface area (Å²) in [4.78, 5) is 12.2. The Labute approximate surface area is 114 Å². The van der Waals surface area contributed by atoms with E-state index in [4.69, 9.17) is 0 Å². The van der Waals surface area contributed by atoms with E-state index in [0.717, 1.165) is 16.2 Å². The summed E-state index contributed by atoms with van der Waals surface area (Å²) in [6, 6.07) is 4.86. The number of thiazole rings is 1. The lowest BCUT2D eigenvalue weighted by molar-refractivity contribution is 0.602. The third-order valence-corrected chi connectivity index (χ3v) is 4.63. The predicted molar refractivity (Wildman–Crippen MR) is 75.0 cm³/mol. The fourth-order valence-electron chi connectivity index (χ4n) is 1.81. The molecule has 3 rings (SSSR count). The fourth-order valence-corrected chi connectivity index (χ4v) is 3.06. The third kappa shape index (κ3) is 2.26. The molecule has 0 atom stereocenters. The van der Waals surface area contributed by atoms with Gasteiger partial charge in [-0.1, -0.05) is 0 Å². The summed E-state index contributed by atoms with van der Waals surface area (Å²) in [6.45, 7) is 1.93. The number of hydrogen-bond acceptors (Lipinski definition) is 5. The second kappa shape index (κ2) is 4.14. The first-order chi connectivity index (χ1) is 8.93. The maximum Gasteiger partial charge on any atom is 0.175 e. The van der Waals surface area contributed by atoms with Crippen molar-refractivity contribution in [3.05, 3.63) is 28.6 Å². The van der Waals surface area contributed by atoms with E-state index in [9.17, 15) is 8.42 Å². The van der Waals surface area contributed by atoms with Crippen LogP contribution in [0.5, 0.6) is 0 Å². The van der Waals surface area contributed by atoms with Crippen molar-refractivity contribution in [2.75, 3.05) is 6.26 Å². The van der Waals surface area contributed by atoms with Crippen LogP contribution in [0.15, 0.2) is 28.5 Å². The van der Waals surface area contributed by atoms with Crippen LogP contribution in [0.3, 0.4) is 0 Å². The number of sulfone groups is 1. The summed E-state index contributed by atoms with van der Waals surface area (Å²) in [5.74, 6) is 0.657. The highest BCUT2D eigenvalue weighted by Gasteiger charge is 2.12. The number of nitrogens with zero attached hydrogens (tertiary/aromatic N) is 2. The van der Waals surface area contributed by atoms with Gasteiger partial charge in [0.25, 0.3) is 0 Å². The topological polar surface area (TPSA) is 75.7 Å². The monoisotopic (exact) mass is 293 g/mol. The van der Waals surface area contributed by atoms with Crippen molar-refractivity contribution >= 4 is 32.2 Å². The van der Waals surface area contributed by atoms with Crippen molar-refractivity contribution in [3.63, 3.8) is 0 Å². The van der Waals surface area contributed by atoms with E-state index in [1.165, 1.54) is 6.26 Å². The number of aryl methyl sites for hydroxylation is 1. The lowest BCUT2D eigenvalue weighted by Gasteiger charge is -1.96. The van der Waals surface area contributed by atoms with E-state index < -0.39 is 9.84 Å². The van der Waals surface area contributed by atoms with E-state index in [2.05, 4.69) is 15.0 Å². The number of benzene rings is 1. The normalized spacial score (nSPS) is 12.1. The number of H-pyrrole nitrogens is 1. The van der Waals surface area contributed by atoms with Gasteiger partial charge in [0.05, 0.1) is 20.9 Å². The Bertz CT molecular complexity index is 862. The summed E-state index contributed by atoms with van der Waals surface area (Å²) < 4.78 is 23.0. The molecule has 0 amide bonds. The summed E-state index contributed by atoms with van der Waals surface area (Å²) >= 11 is 1.55. The Morgan fingerprint density at radius 1 is 1.26 bits per heavy atom. The summed E-state index contributed by atoms with van der Waals surface area (Å²) in [5, 5.41) is 2.89. The highest BCUT2D eigenvalue weighted by atomic mass is 32.2. The predicted octanol–water partition coefficient (Wildman–Crippen LogP) is 2.40. The molecule has 7 heteroatoms. The maximum absolute atomic E-state index is 11.5. The van der Waals surface area contributed by atoms with Crippen LogP contribution in [-0.2, 0) is 9.84 Å². The summed E-state index contributed by atoms with van der Waals surface area (Å²) in [7, 11) is -3.21. The molecule has 0 fully saturated rings. The van der Waals surface area contributed by atoms with E-state index in [0.29, 0.717) is 11.3 Å². The molecule has 0 unspecified atom stereocenters. The van der Waals surface area contributed by atoms with Gasteiger partial charge < -0.3 is 4.98 Å². The minimum Gasteiger partial charge on any atom is -0.337 e. The molecule has 0 saturated carbocycles. The van der Waals surface area contributed by atoms with Gasteiger partial charge >= 0.3 is 0 Å². The van der Waals surface area contributed by atoms with Gasteiger partial charge in [0, 0.05) is 11.6 Å². The standard InChI is InChI=1S/C12H11N3O2S2/c1-7-13-11(6-18-7)12-14-9-4-3-8(19(2,16)17)5-10(9)15-12/h3-6H,1-2H3,(H,14,15). The maximum atomic E-state index is 11.5. The van der Waals surface area contributed by atoms with Gasteiger partial charge in [-0.25, -0.2) is 18.4 Å². The van der Waals surface area contributed by atoms with Crippen molar-refractivity contribution < 1.29 is 8.42 Å². The third-order valence-electron chi connectivity index (χ3n) is 2.74. The van der Waals surface area contributed by atoms with Gasteiger partial charge in [-0.2, -0.15) is 0 Å². The van der Waals surface area contributed by atoms with Gasteiger partial charge in [-0.05, 0) is 25.1 Å². The molecular formula is C12H11N3O2S2. The second-order valence-electron chi connectivity index (χ2n) is 4.29. The molecule has 0 radical (unpaired) electrons. The first-order valence-corrected chi connectivity index (χ1v) is 8.33. The van der Waals surface area contributed by atoms with Gasteiger partial charge in [-0.3, -0.25) is 0 Å². The van der Waals surface area contributed by atoms with Crippen LogP contribution in [0.25, 0.3) is 22.6 Å². The highest BCUT2D eigenvalue weighted by molar-refractivity contribution is 7.90. The Morgan fingerprint density at radius 2 is 2.05 bits per heavy atom. The number of imidazole rings is 1. The molecule has 1 aromatic carbocycles. The van der Waals surface area contributed by atoms with Crippen LogP contribution in [-0.4, -0.2) is 29.6 Å². The van der Waals surface area contributed by atoms with Crippen LogP contribution >= 0.6 is 11.3 Å². The highest BCUT2D eigenvalue weighted by Crippen LogP contribution is 2.23. The smallest absolute Gasteiger partial charge is 0.175 e. The Kier molecular flexibility index (Phi) is 2.68. The Morgan fingerprint density at radius 3 is 2.68 bits per heavy atom. The lowest BCUT2D eigenvalue weighted by Crippen LogP contribution is -1.96. The minimum atomic E-state index is -3.21. The molecule has 2 aromatic heterocycles. The minimum absolute atomic E-state index is 0.282. The zero-order valence-electron chi connectivity index (χ0n) is 10.3. The van der Waals surface area contributed by atoms with Crippen LogP contribution in [0, 0.1) is 6.92 Å². The van der Waals surface area contributed by atoms with Crippen LogP contribution in [0.1, 0.15) is 5.01 Å². The molecule has 0 aliphatic heterocycles. The molecule has 0 bridgehead atoms. The van der Waals surface area contributed by atoms with E-state index >= 15 is 0 Å². The van der Waals surface area contributed by atoms with Crippen molar-refractivity contribution in [2.24, 2.45) is 0 Å². The Hall–Kier alpha value is -1.73. The average Bonchev–Trinajstić information content (AvgIpc) is 2.92. The molecule has 0 aliphatic rings. The molecule has 0 aliphatic carbocycles. The zero-order valence-corrected chi connectivity index (χ0v) is 12.0. The molecule has 5 nitrogen and oxygen atoms in total. The molecule has 2 heterocycles. The van der Waals surface area contributed by atoms with Crippen molar-refractivity contribution in [1.29, 1.82) is 0 Å². The molecule has 1 N–H and O–H groups in total. The largest absolute Gasteiger partial charge is 0.337 e. The van der Waals surface area contributed by atoms with Gasteiger partial charge in [-0.15, -0.1) is 11.3 Å². The SMILES string of the molecule is Cc1nc(-c2nc3ccc(S(C)(=O)=O)cc3[nH]2)cs1. The lowest BCUT2D eigenvalue weighted by atomic mass is 10.3. The van der Waals surface area contributed by atoms with Crippen molar-refractivity contribution in [3.8, 4) is 11.5 Å². The van der Waals surface area contributed by atoms with Crippen LogP contribution < -0.4 is 0 Å². The number of aromatic amines is 1. The number of aromatic nitrogens is 3. The summed E-state index contributed by atoms with van der Waals surface area (Å²) in [5.41, 5.74) is 2.20. The molecule has 19 heavy (non-hydrogen) atoms. The van der Waals surface area contributed by atoms with E-state index in [1.54, 1.807) is 29.5 Å². The van der Waals surface area contributed by atoms with Gasteiger partial charge in [0.1, 0.15) is 5.69 Å². The van der Waals surface area contributed by atoms with Crippen molar-refractivity contribution in [1.82, 2.24) is 15.0 Å². The number of nitrogens with one attached hydrogen (secondary N) is 1. The van der Waals surface area contributed by atoms with Gasteiger partial charge in [0.2, 0.25) is 0 Å². The molecular weight excluding hydrogens is 282 g/mol. The zero-order chi connectivity index (χ0) is 13.6. The Balaban J connectivity index is 2.16. The fraction of sp³-hybridized carbons (Fsp3) is 0.167. The molecule has 98 valence electrons. The van der Waals surface area contributed by atoms with Crippen molar-refractivity contribution in [2.45, 2.75) is 11.8 Å².